The first-order chi connectivity index (χ1) is 16.2. The molecule has 0 bridgehead atoms. The van der Waals surface area contributed by atoms with Gasteiger partial charge in [0.25, 0.3) is 0 Å². The molecule has 8 nitrogen and oxygen atoms in total. The van der Waals surface area contributed by atoms with Crippen molar-refractivity contribution >= 4 is 21.9 Å². The van der Waals surface area contributed by atoms with Crippen LogP contribution < -0.4 is 5.32 Å². The average molecular weight is 486 g/mol. The fourth-order valence-electron chi connectivity index (χ4n) is 4.99. The summed E-state index contributed by atoms with van der Waals surface area (Å²) in [7, 11) is -3.67. The second kappa shape index (κ2) is 9.85. The molecule has 2 fully saturated rings. The van der Waals surface area contributed by atoms with E-state index in [1.54, 1.807) is 12.1 Å². The molecule has 2 N–H and O–H groups in total. The highest BCUT2D eigenvalue weighted by Gasteiger charge is 2.52. The van der Waals surface area contributed by atoms with Gasteiger partial charge in [0.1, 0.15) is 6.54 Å². The van der Waals surface area contributed by atoms with Crippen LogP contribution in [0.5, 0.6) is 0 Å². The van der Waals surface area contributed by atoms with E-state index in [1.807, 2.05) is 42.5 Å². The van der Waals surface area contributed by atoms with Gasteiger partial charge in [0.2, 0.25) is 15.9 Å². The Morgan fingerprint density at radius 1 is 1.06 bits per heavy atom. The summed E-state index contributed by atoms with van der Waals surface area (Å²) >= 11 is 0. The zero-order chi connectivity index (χ0) is 24.3. The van der Waals surface area contributed by atoms with Crippen molar-refractivity contribution in [3.63, 3.8) is 0 Å². The maximum absolute atomic E-state index is 13.2. The predicted octanol–water partition coefficient (Wildman–Crippen LogP) is 2.25. The molecule has 1 unspecified atom stereocenters. The topological polar surface area (TPSA) is 107 Å². The standard InChI is InChI=1S/C25H31N3O5S/c1-2-6-19-9-11-21(12-10-19)34(32,33)27-15-13-25(14-16-27)26-22(17-20-7-4-3-5-8-20)24(31)28(25)18-23(29)30/h3-5,7-12,22,26H,2,6,13-18H2,1H3,(H,29,30). The Hall–Kier alpha value is -2.75. The number of carboxylic acid groups (broad SMARTS) is 1. The van der Waals surface area contributed by atoms with Crippen molar-refractivity contribution in [3.05, 3.63) is 65.7 Å². The first kappa shape index (κ1) is 24.4. The van der Waals surface area contributed by atoms with Gasteiger partial charge in [0.05, 0.1) is 16.6 Å². The number of nitrogens with zero attached hydrogens (tertiary/aromatic N) is 2. The summed E-state index contributed by atoms with van der Waals surface area (Å²) in [6.07, 6.45) is 2.98. The quantitative estimate of drug-likeness (QED) is 0.594. The molecule has 1 amide bonds. The highest BCUT2D eigenvalue weighted by atomic mass is 32.2. The van der Waals surface area contributed by atoms with Crippen molar-refractivity contribution in [1.82, 2.24) is 14.5 Å². The third-order valence-corrected chi connectivity index (χ3v) is 8.66. The largest absolute Gasteiger partial charge is 0.480 e. The van der Waals surface area contributed by atoms with Crippen LogP contribution in [0.3, 0.4) is 0 Å². The Labute approximate surface area is 200 Å². The number of sulfonamides is 1. The highest BCUT2D eigenvalue weighted by molar-refractivity contribution is 7.89. The van der Waals surface area contributed by atoms with E-state index in [2.05, 4.69) is 12.2 Å². The van der Waals surface area contributed by atoms with E-state index in [4.69, 9.17) is 0 Å². The lowest BCUT2D eigenvalue weighted by Crippen LogP contribution is -2.60. The summed E-state index contributed by atoms with van der Waals surface area (Å²) in [5.41, 5.74) is 1.21. The number of hydrogen-bond acceptors (Lipinski definition) is 5. The molecular formula is C25H31N3O5S. The molecule has 0 radical (unpaired) electrons. The van der Waals surface area contributed by atoms with Gasteiger partial charge in [-0.3, -0.25) is 14.9 Å². The van der Waals surface area contributed by atoms with Crippen molar-refractivity contribution < 1.29 is 23.1 Å². The van der Waals surface area contributed by atoms with Crippen molar-refractivity contribution in [2.45, 2.75) is 55.6 Å². The Kier molecular flexibility index (Phi) is 7.06. The Balaban J connectivity index is 1.50. The summed E-state index contributed by atoms with van der Waals surface area (Å²) in [4.78, 5) is 26.4. The number of rotatable bonds is 8. The summed E-state index contributed by atoms with van der Waals surface area (Å²) in [5.74, 6) is -1.34. The number of carboxylic acids is 1. The van der Waals surface area contributed by atoms with Gasteiger partial charge in [-0.05, 0) is 48.9 Å². The molecule has 182 valence electrons. The number of nitrogens with one attached hydrogen (secondary N) is 1. The van der Waals surface area contributed by atoms with Crippen LogP contribution in [-0.4, -0.2) is 65.9 Å². The van der Waals surface area contributed by atoms with E-state index >= 15 is 0 Å². The zero-order valence-electron chi connectivity index (χ0n) is 19.3. The molecule has 2 saturated heterocycles. The van der Waals surface area contributed by atoms with Crippen LogP contribution in [0.15, 0.2) is 59.5 Å². The lowest BCUT2D eigenvalue weighted by Gasteiger charge is -2.43. The molecule has 2 aliphatic heterocycles. The van der Waals surface area contributed by atoms with Crippen LogP contribution in [0.4, 0.5) is 0 Å². The van der Waals surface area contributed by atoms with E-state index in [1.165, 1.54) is 9.21 Å². The Morgan fingerprint density at radius 3 is 2.29 bits per heavy atom. The monoisotopic (exact) mass is 485 g/mol. The molecule has 34 heavy (non-hydrogen) atoms. The van der Waals surface area contributed by atoms with E-state index in [9.17, 15) is 23.1 Å². The minimum Gasteiger partial charge on any atom is -0.480 e. The summed E-state index contributed by atoms with van der Waals surface area (Å²) in [6.45, 7) is 2.07. The number of benzene rings is 2. The molecule has 0 aromatic heterocycles. The van der Waals surface area contributed by atoms with Gasteiger partial charge >= 0.3 is 5.97 Å². The lowest BCUT2D eigenvalue weighted by molar-refractivity contribution is -0.147. The molecule has 2 aliphatic rings. The van der Waals surface area contributed by atoms with E-state index < -0.39 is 34.2 Å². The van der Waals surface area contributed by atoms with Crippen LogP contribution >= 0.6 is 0 Å². The number of aliphatic carboxylic acids is 1. The van der Waals surface area contributed by atoms with E-state index in [-0.39, 0.29) is 23.9 Å². The third kappa shape index (κ3) is 4.87. The van der Waals surface area contributed by atoms with E-state index in [0.29, 0.717) is 19.3 Å². The predicted molar refractivity (Wildman–Crippen MR) is 128 cm³/mol. The van der Waals surface area contributed by atoms with Gasteiger partial charge in [-0.1, -0.05) is 55.8 Å². The second-order valence-corrected chi connectivity index (χ2v) is 11.0. The van der Waals surface area contributed by atoms with Gasteiger partial charge < -0.3 is 10.0 Å². The molecule has 2 aromatic rings. The fraction of sp³-hybridized carbons (Fsp3) is 0.440. The van der Waals surface area contributed by atoms with E-state index in [0.717, 1.165) is 24.0 Å². The molecule has 2 aromatic carbocycles. The molecular weight excluding hydrogens is 454 g/mol. The van der Waals surface area contributed by atoms with Crippen molar-refractivity contribution in [1.29, 1.82) is 0 Å². The second-order valence-electron chi connectivity index (χ2n) is 9.03. The SMILES string of the molecule is CCCc1ccc(S(=O)(=O)N2CCC3(CC2)NC(Cc2ccccc2)C(=O)N3CC(=O)O)cc1. The van der Waals surface area contributed by atoms with Gasteiger partial charge in [-0.25, -0.2) is 8.42 Å². The molecule has 1 atom stereocenters. The Bertz CT molecular complexity index is 1130. The molecule has 1 spiro atoms. The van der Waals surface area contributed by atoms with Crippen molar-refractivity contribution in [2.24, 2.45) is 0 Å². The maximum atomic E-state index is 13.2. The number of hydrogen-bond donors (Lipinski definition) is 2. The summed E-state index contributed by atoms with van der Waals surface area (Å²) < 4.78 is 27.9. The highest BCUT2D eigenvalue weighted by Crippen LogP contribution is 2.35. The van der Waals surface area contributed by atoms with Crippen LogP contribution in [0.2, 0.25) is 0 Å². The van der Waals surface area contributed by atoms with Crippen molar-refractivity contribution in [2.75, 3.05) is 19.6 Å². The molecule has 4 rings (SSSR count). The summed E-state index contributed by atoms with van der Waals surface area (Å²) in [5, 5.41) is 12.8. The van der Waals surface area contributed by atoms with Gasteiger partial charge in [-0.15, -0.1) is 0 Å². The molecule has 0 aliphatic carbocycles. The normalized spacial score (nSPS) is 20.7. The number of aryl methyl sites for hydroxylation is 1. The van der Waals surface area contributed by atoms with Crippen LogP contribution in [0.25, 0.3) is 0 Å². The number of carbonyl (C=O) groups is 2. The Morgan fingerprint density at radius 2 is 1.71 bits per heavy atom. The number of carbonyl (C=O) groups excluding carboxylic acids is 1. The third-order valence-electron chi connectivity index (χ3n) is 6.75. The molecule has 9 heteroatoms. The molecule has 0 saturated carbocycles. The lowest BCUT2D eigenvalue weighted by atomic mass is 9.97. The van der Waals surface area contributed by atoms with Crippen LogP contribution in [0.1, 0.15) is 37.3 Å². The van der Waals surface area contributed by atoms with Gasteiger partial charge in [0, 0.05) is 13.1 Å². The smallest absolute Gasteiger partial charge is 0.323 e. The van der Waals surface area contributed by atoms with Crippen molar-refractivity contribution in [3.8, 4) is 0 Å². The number of piperidine rings is 1. The van der Waals surface area contributed by atoms with Crippen LogP contribution in [-0.2, 0) is 32.5 Å². The molecule has 2 heterocycles. The van der Waals surface area contributed by atoms with Gasteiger partial charge in [0.15, 0.2) is 0 Å². The van der Waals surface area contributed by atoms with Gasteiger partial charge in [-0.2, -0.15) is 4.31 Å². The zero-order valence-corrected chi connectivity index (χ0v) is 20.1. The number of amides is 1. The van der Waals surface area contributed by atoms with Crippen LogP contribution in [0, 0.1) is 0 Å². The minimum absolute atomic E-state index is 0.202. The fourth-order valence-corrected chi connectivity index (χ4v) is 6.43. The summed E-state index contributed by atoms with van der Waals surface area (Å²) in [6, 6.07) is 16.0. The average Bonchev–Trinajstić information content (AvgIpc) is 3.05. The first-order valence-electron chi connectivity index (χ1n) is 11.7. The minimum atomic E-state index is -3.67. The maximum Gasteiger partial charge on any atom is 0.323 e. The first-order valence-corrected chi connectivity index (χ1v) is 13.1.